The van der Waals surface area contributed by atoms with Gasteiger partial charge in [0.15, 0.2) is 0 Å². The van der Waals surface area contributed by atoms with Crippen molar-refractivity contribution in [2.24, 2.45) is 0 Å². The topological polar surface area (TPSA) is 69.7 Å². The van der Waals surface area contributed by atoms with E-state index in [-0.39, 0.29) is 37.1 Å². The van der Waals surface area contributed by atoms with Crippen molar-refractivity contribution >= 4 is 29.1 Å². The molecule has 1 saturated heterocycles. The minimum Gasteiger partial charge on any atom is -0.372 e. The van der Waals surface area contributed by atoms with Gasteiger partial charge < -0.3 is 10.2 Å². The van der Waals surface area contributed by atoms with E-state index in [1.165, 1.54) is 29.8 Å². The molecular weight excluding hydrogens is 366 g/mol. The summed E-state index contributed by atoms with van der Waals surface area (Å²) in [6.07, 6.45) is 4.00. The molecule has 0 aliphatic carbocycles. The Kier molecular flexibility index (Phi) is 5.60. The van der Waals surface area contributed by atoms with Crippen LogP contribution in [-0.2, 0) is 16.0 Å². The summed E-state index contributed by atoms with van der Waals surface area (Å²) in [5.41, 5.74) is 3.18. The molecule has 3 amide bonds. The number of hydrogen-bond acceptors (Lipinski definition) is 4. The summed E-state index contributed by atoms with van der Waals surface area (Å²) in [4.78, 5) is 40.7. The number of carbonyl (C=O) groups excluding carboxylic acids is 3. The molecule has 29 heavy (non-hydrogen) atoms. The summed E-state index contributed by atoms with van der Waals surface area (Å²) in [6, 6.07) is 15.0. The Labute approximate surface area is 170 Å². The number of nitrogens with one attached hydrogen (secondary N) is 1. The van der Waals surface area contributed by atoms with Crippen molar-refractivity contribution in [2.75, 3.05) is 29.9 Å². The van der Waals surface area contributed by atoms with Gasteiger partial charge in [-0.2, -0.15) is 0 Å². The van der Waals surface area contributed by atoms with Crippen LogP contribution < -0.4 is 10.2 Å². The molecule has 2 aliphatic heterocycles. The number of amides is 3. The van der Waals surface area contributed by atoms with Gasteiger partial charge in [-0.15, -0.1) is 0 Å². The normalized spacial score (nSPS) is 16.6. The highest BCUT2D eigenvalue weighted by Crippen LogP contribution is 2.22. The van der Waals surface area contributed by atoms with E-state index in [4.69, 9.17) is 0 Å². The molecule has 0 atom stereocenters. The average Bonchev–Trinajstić information content (AvgIpc) is 2.75. The molecule has 6 nitrogen and oxygen atoms in total. The van der Waals surface area contributed by atoms with Crippen molar-refractivity contribution in [3.63, 3.8) is 0 Å². The summed E-state index contributed by atoms with van der Waals surface area (Å²) in [5, 5.41) is 2.85. The molecule has 6 heteroatoms. The van der Waals surface area contributed by atoms with Crippen LogP contribution in [0.2, 0.25) is 0 Å². The van der Waals surface area contributed by atoms with Crippen LogP contribution in [0, 0.1) is 0 Å². The van der Waals surface area contributed by atoms with Crippen molar-refractivity contribution in [1.29, 1.82) is 0 Å². The van der Waals surface area contributed by atoms with E-state index in [9.17, 15) is 14.4 Å². The maximum absolute atomic E-state index is 12.6. The molecule has 4 rings (SSSR count). The highest BCUT2D eigenvalue weighted by Gasteiger charge is 2.30. The van der Waals surface area contributed by atoms with Crippen LogP contribution in [0.25, 0.3) is 0 Å². The predicted molar refractivity (Wildman–Crippen MR) is 112 cm³/mol. The summed E-state index contributed by atoms with van der Waals surface area (Å²) in [5.74, 6) is -0.793. The summed E-state index contributed by atoms with van der Waals surface area (Å²) < 4.78 is 0. The van der Waals surface area contributed by atoms with E-state index in [2.05, 4.69) is 10.2 Å². The first kappa shape index (κ1) is 19.2. The number of hydrogen-bond donors (Lipinski definition) is 1. The van der Waals surface area contributed by atoms with Gasteiger partial charge >= 0.3 is 0 Å². The zero-order chi connectivity index (χ0) is 20.2. The molecule has 150 valence electrons. The van der Waals surface area contributed by atoms with Gasteiger partial charge in [-0.1, -0.05) is 18.2 Å². The molecule has 0 radical (unpaired) electrons. The standard InChI is InChI=1S/C23H25N3O3/c27-21(24-18-8-10-19(11-9-18)25-13-4-1-5-14-25)12-15-26-22(28)16-17-6-2-3-7-20(17)23(26)29/h2-3,6-11H,1,4-5,12-16H2,(H,24,27). The maximum Gasteiger partial charge on any atom is 0.260 e. The van der Waals surface area contributed by atoms with Crippen LogP contribution in [0.15, 0.2) is 48.5 Å². The van der Waals surface area contributed by atoms with Gasteiger partial charge in [0, 0.05) is 43.0 Å². The van der Waals surface area contributed by atoms with Crippen LogP contribution in [0.3, 0.4) is 0 Å². The third-order valence-electron chi connectivity index (χ3n) is 5.57. The molecule has 1 fully saturated rings. The van der Waals surface area contributed by atoms with Crippen LogP contribution in [0.5, 0.6) is 0 Å². The van der Waals surface area contributed by atoms with Gasteiger partial charge in [-0.05, 0) is 55.2 Å². The molecular formula is C23H25N3O3. The van der Waals surface area contributed by atoms with Crippen LogP contribution in [-0.4, -0.2) is 42.3 Å². The largest absolute Gasteiger partial charge is 0.372 e. The van der Waals surface area contributed by atoms with Crippen molar-refractivity contribution in [1.82, 2.24) is 4.90 Å². The minimum absolute atomic E-state index is 0.0769. The first-order valence-electron chi connectivity index (χ1n) is 10.2. The van der Waals surface area contributed by atoms with Gasteiger partial charge in [-0.25, -0.2) is 0 Å². The molecule has 0 unspecified atom stereocenters. The summed E-state index contributed by atoms with van der Waals surface area (Å²) in [6.45, 7) is 2.24. The van der Waals surface area contributed by atoms with E-state index in [0.717, 1.165) is 24.3 Å². The Balaban J connectivity index is 1.32. The maximum atomic E-state index is 12.6. The third kappa shape index (κ3) is 4.31. The fourth-order valence-electron chi connectivity index (χ4n) is 3.97. The summed E-state index contributed by atoms with van der Waals surface area (Å²) >= 11 is 0. The predicted octanol–water partition coefficient (Wildman–Crippen LogP) is 3.23. The quantitative estimate of drug-likeness (QED) is 0.795. The van der Waals surface area contributed by atoms with Crippen LogP contribution in [0.1, 0.15) is 41.6 Å². The number of benzene rings is 2. The molecule has 1 N–H and O–H groups in total. The minimum atomic E-state index is -0.324. The molecule has 2 aromatic rings. The van der Waals surface area contributed by atoms with Crippen molar-refractivity contribution < 1.29 is 14.4 Å². The number of anilines is 2. The van der Waals surface area contributed by atoms with Gasteiger partial charge in [0.05, 0.1) is 6.42 Å². The van der Waals surface area contributed by atoms with E-state index in [1.54, 1.807) is 18.2 Å². The highest BCUT2D eigenvalue weighted by atomic mass is 16.2. The Morgan fingerprint density at radius 1 is 0.931 bits per heavy atom. The van der Waals surface area contributed by atoms with Crippen LogP contribution in [0.4, 0.5) is 11.4 Å². The molecule has 0 saturated carbocycles. The van der Waals surface area contributed by atoms with E-state index in [0.29, 0.717) is 5.56 Å². The second-order valence-corrected chi connectivity index (χ2v) is 7.58. The fourth-order valence-corrected chi connectivity index (χ4v) is 3.97. The Bertz CT molecular complexity index is 917. The van der Waals surface area contributed by atoms with Gasteiger partial charge in [0.25, 0.3) is 5.91 Å². The van der Waals surface area contributed by atoms with Crippen LogP contribution >= 0.6 is 0 Å². The Hall–Kier alpha value is -3.15. The second kappa shape index (κ2) is 8.47. The van der Waals surface area contributed by atoms with Gasteiger partial charge in [-0.3, -0.25) is 19.3 Å². The van der Waals surface area contributed by atoms with Crippen molar-refractivity contribution in [2.45, 2.75) is 32.1 Å². The van der Waals surface area contributed by atoms with Crippen molar-refractivity contribution in [3.05, 3.63) is 59.7 Å². The molecule has 0 aromatic heterocycles. The number of nitrogens with zero attached hydrogens (tertiary/aromatic N) is 2. The lowest BCUT2D eigenvalue weighted by atomic mass is 9.98. The first-order chi connectivity index (χ1) is 14.1. The lowest BCUT2D eigenvalue weighted by molar-refractivity contribution is -0.128. The van der Waals surface area contributed by atoms with E-state index in [1.807, 2.05) is 30.3 Å². The van der Waals surface area contributed by atoms with Gasteiger partial charge in [0.1, 0.15) is 0 Å². The lowest BCUT2D eigenvalue weighted by Crippen LogP contribution is -2.43. The lowest BCUT2D eigenvalue weighted by Gasteiger charge is -2.29. The molecule has 2 aromatic carbocycles. The molecule has 0 spiro atoms. The molecule has 2 aliphatic rings. The summed E-state index contributed by atoms with van der Waals surface area (Å²) in [7, 11) is 0. The zero-order valence-corrected chi connectivity index (χ0v) is 16.4. The molecule has 2 heterocycles. The number of piperidine rings is 1. The average molecular weight is 391 g/mol. The second-order valence-electron chi connectivity index (χ2n) is 7.58. The van der Waals surface area contributed by atoms with E-state index >= 15 is 0 Å². The van der Waals surface area contributed by atoms with Crippen molar-refractivity contribution in [3.8, 4) is 0 Å². The third-order valence-corrected chi connectivity index (χ3v) is 5.57. The fraction of sp³-hybridized carbons (Fsp3) is 0.348. The Morgan fingerprint density at radius 3 is 2.41 bits per heavy atom. The number of fused-ring (bicyclic) bond motifs is 1. The first-order valence-corrected chi connectivity index (χ1v) is 10.2. The number of imide groups is 1. The highest BCUT2D eigenvalue weighted by molar-refractivity contribution is 6.10. The zero-order valence-electron chi connectivity index (χ0n) is 16.4. The van der Waals surface area contributed by atoms with E-state index < -0.39 is 0 Å². The number of carbonyl (C=O) groups is 3. The van der Waals surface area contributed by atoms with Gasteiger partial charge in [0.2, 0.25) is 11.8 Å². The monoisotopic (exact) mass is 391 g/mol. The Morgan fingerprint density at radius 2 is 1.66 bits per heavy atom. The SMILES string of the molecule is O=C(CCN1C(=O)Cc2ccccc2C1=O)Nc1ccc(N2CCCCC2)cc1. The smallest absolute Gasteiger partial charge is 0.260 e. The molecule has 0 bridgehead atoms. The number of rotatable bonds is 5.